The van der Waals surface area contributed by atoms with Crippen LogP contribution in [0.2, 0.25) is 5.02 Å². The van der Waals surface area contributed by atoms with Crippen molar-refractivity contribution in [2.24, 2.45) is 0 Å². The molecule has 0 saturated carbocycles. The van der Waals surface area contributed by atoms with Gasteiger partial charge in [-0.05, 0) is 51.0 Å². The number of nitrogens with zero attached hydrogens (tertiary/aromatic N) is 1. The smallest absolute Gasteiger partial charge is 0.0890 e. The summed E-state index contributed by atoms with van der Waals surface area (Å²) >= 11 is 6.15. The molecule has 144 valence electrons. The normalized spacial score (nSPS) is 9.12. The van der Waals surface area contributed by atoms with Crippen LogP contribution in [0.5, 0.6) is 0 Å². The number of hydrogen-bond acceptors (Lipinski definition) is 1. The largest absolute Gasteiger partial charge is 0.255 e. The van der Waals surface area contributed by atoms with Crippen LogP contribution in [0.15, 0.2) is 55.3 Å². The molecule has 0 atom stereocenters. The quantitative estimate of drug-likeness (QED) is 0.479. The molecule has 0 aliphatic carbocycles. The fourth-order valence-corrected chi connectivity index (χ4v) is 2.00. The van der Waals surface area contributed by atoms with Gasteiger partial charge in [-0.25, -0.2) is 0 Å². The summed E-state index contributed by atoms with van der Waals surface area (Å²) in [6, 6.07) is 9.91. The van der Waals surface area contributed by atoms with Crippen LogP contribution in [0, 0.1) is 6.92 Å². The zero-order valence-corrected chi connectivity index (χ0v) is 18.6. The van der Waals surface area contributed by atoms with E-state index in [0.29, 0.717) is 5.02 Å². The Morgan fingerprint density at radius 2 is 1.65 bits per heavy atom. The summed E-state index contributed by atoms with van der Waals surface area (Å²) < 4.78 is 0. The molecule has 2 rings (SSSR count). The lowest BCUT2D eigenvalue weighted by Gasteiger charge is -2.09. The summed E-state index contributed by atoms with van der Waals surface area (Å²) in [5.41, 5.74) is 5.27. The summed E-state index contributed by atoms with van der Waals surface area (Å²) in [5, 5.41) is 0.679. The van der Waals surface area contributed by atoms with Crippen molar-refractivity contribution in [3.63, 3.8) is 0 Å². The van der Waals surface area contributed by atoms with E-state index < -0.39 is 0 Å². The van der Waals surface area contributed by atoms with Crippen LogP contribution in [-0.4, -0.2) is 4.98 Å². The van der Waals surface area contributed by atoms with E-state index >= 15 is 0 Å². The van der Waals surface area contributed by atoms with Crippen molar-refractivity contribution in [1.29, 1.82) is 0 Å². The van der Waals surface area contributed by atoms with Gasteiger partial charge in [-0.2, -0.15) is 0 Å². The molecule has 0 aliphatic rings. The Hall–Kier alpha value is -1.86. The van der Waals surface area contributed by atoms with Gasteiger partial charge in [-0.1, -0.05) is 88.2 Å². The number of rotatable bonds is 2. The number of pyridine rings is 1. The molecule has 26 heavy (non-hydrogen) atoms. The van der Waals surface area contributed by atoms with Crippen LogP contribution in [0.3, 0.4) is 0 Å². The predicted molar refractivity (Wildman–Crippen MR) is 122 cm³/mol. The minimum absolute atomic E-state index is 0.679. The molecule has 0 spiro atoms. The van der Waals surface area contributed by atoms with Crippen LogP contribution in [0.25, 0.3) is 16.8 Å². The molecule has 1 aromatic heterocycles. The molecule has 0 radical (unpaired) electrons. The minimum atomic E-state index is 0.679. The van der Waals surface area contributed by atoms with Crippen molar-refractivity contribution in [2.75, 3.05) is 0 Å². The Morgan fingerprint density at radius 1 is 1.12 bits per heavy atom. The van der Waals surface area contributed by atoms with Crippen LogP contribution < -0.4 is 0 Å². The molecule has 0 bridgehead atoms. The van der Waals surface area contributed by atoms with Crippen LogP contribution in [-0.2, 0) is 0 Å². The predicted octanol–water partition coefficient (Wildman–Crippen LogP) is 8.77. The first kappa shape index (κ1) is 26.4. The van der Waals surface area contributed by atoms with Gasteiger partial charge in [0.05, 0.1) is 10.7 Å². The molecule has 0 N–H and O–H groups in total. The van der Waals surface area contributed by atoms with Gasteiger partial charge in [0.2, 0.25) is 0 Å². The fraction of sp³-hybridized carbons (Fsp3) is 0.375. The molecule has 0 saturated heterocycles. The Morgan fingerprint density at radius 3 is 2.04 bits per heavy atom. The highest BCUT2D eigenvalue weighted by atomic mass is 35.5. The maximum absolute atomic E-state index is 6.15. The van der Waals surface area contributed by atoms with E-state index in [9.17, 15) is 0 Å². The topological polar surface area (TPSA) is 12.9 Å². The lowest BCUT2D eigenvalue weighted by Crippen LogP contribution is -1.89. The number of benzene rings is 1. The SMILES string of the molecule is C/C=C\C.C=C(C)c1ccc(-c2ncccc2Cl)c(C)c1.CC.CCC. The fourth-order valence-electron chi connectivity index (χ4n) is 1.78. The van der Waals surface area contributed by atoms with Crippen LogP contribution >= 0.6 is 11.6 Å². The van der Waals surface area contributed by atoms with Gasteiger partial charge in [0.1, 0.15) is 0 Å². The van der Waals surface area contributed by atoms with Gasteiger partial charge >= 0.3 is 0 Å². The Bertz CT molecular complexity index is 653. The molecule has 2 heteroatoms. The third kappa shape index (κ3) is 10.2. The number of hydrogen-bond donors (Lipinski definition) is 0. The second kappa shape index (κ2) is 16.6. The van der Waals surface area contributed by atoms with E-state index in [1.807, 2.05) is 65.0 Å². The van der Waals surface area contributed by atoms with Gasteiger partial charge in [-0.3, -0.25) is 4.98 Å². The molecule has 0 unspecified atom stereocenters. The molecular weight excluding hydrogens is 338 g/mol. The molecular formula is C24H36ClN. The van der Waals surface area contributed by atoms with E-state index in [1.54, 1.807) is 6.20 Å². The Labute approximate surface area is 166 Å². The van der Waals surface area contributed by atoms with Crippen LogP contribution in [0.4, 0.5) is 0 Å². The number of halogens is 1. The lowest BCUT2D eigenvalue weighted by atomic mass is 9.99. The highest BCUT2D eigenvalue weighted by Crippen LogP contribution is 2.29. The van der Waals surface area contributed by atoms with Crippen molar-refractivity contribution >= 4 is 17.2 Å². The first-order valence-electron chi connectivity index (χ1n) is 9.37. The van der Waals surface area contributed by atoms with Crippen molar-refractivity contribution in [3.05, 3.63) is 71.4 Å². The van der Waals surface area contributed by atoms with E-state index in [1.165, 1.54) is 6.42 Å². The maximum atomic E-state index is 6.15. The minimum Gasteiger partial charge on any atom is -0.255 e. The molecule has 2 aromatic rings. The molecule has 0 aliphatic heterocycles. The summed E-state index contributed by atoms with van der Waals surface area (Å²) in [6.07, 6.45) is 7.01. The zero-order chi connectivity index (χ0) is 20.5. The summed E-state index contributed by atoms with van der Waals surface area (Å²) in [7, 11) is 0. The van der Waals surface area contributed by atoms with Gasteiger partial charge in [0.15, 0.2) is 0 Å². The van der Waals surface area contributed by atoms with Crippen LogP contribution in [0.1, 0.15) is 66.0 Å². The molecule has 1 nitrogen and oxygen atoms in total. The Kier molecular flexibility index (Phi) is 16.8. The van der Waals surface area contributed by atoms with Crippen molar-refractivity contribution in [2.45, 2.75) is 61.8 Å². The first-order chi connectivity index (χ1) is 12.4. The molecule has 1 heterocycles. The van der Waals surface area contributed by atoms with E-state index in [-0.39, 0.29) is 0 Å². The number of aromatic nitrogens is 1. The van der Waals surface area contributed by atoms with Gasteiger partial charge < -0.3 is 0 Å². The molecule has 1 aromatic carbocycles. The summed E-state index contributed by atoms with van der Waals surface area (Å²) in [6.45, 7) is 20.3. The van der Waals surface area contributed by atoms with Crippen molar-refractivity contribution < 1.29 is 0 Å². The molecule has 0 amide bonds. The summed E-state index contributed by atoms with van der Waals surface area (Å²) in [4.78, 5) is 4.33. The van der Waals surface area contributed by atoms with Gasteiger partial charge in [0, 0.05) is 11.8 Å². The van der Waals surface area contributed by atoms with Crippen molar-refractivity contribution in [3.8, 4) is 11.3 Å². The second-order valence-corrected chi connectivity index (χ2v) is 5.92. The van der Waals surface area contributed by atoms with E-state index in [2.05, 4.69) is 44.5 Å². The van der Waals surface area contributed by atoms with Gasteiger partial charge in [0.25, 0.3) is 0 Å². The maximum Gasteiger partial charge on any atom is 0.0890 e. The zero-order valence-electron chi connectivity index (χ0n) is 17.9. The molecule has 0 fully saturated rings. The highest BCUT2D eigenvalue weighted by molar-refractivity contribution is 6.33. The standard InChI is InChI=1S/C15H14ClN.C4H8.C3H8.C2H6/c1-10(2)12-6-7-13(11(3)9-12)15-14(16)5-4-8-17-15;1-3-4-2;1-3-2;1-2/h4-9H,1H2,2-3H3;3-4H,1-2H3;3H2,1-2H3;1-2H3/b;4-3-;;. The number of aryl methyl sites for hydroxylation is 1. The average molecular weight is 374 g/mol. The highest BCUT2D eigenvalue weighted by Gasteiger charge is 2.08. The first-order valence-corrected chi connectivity index (χ1v) is 9.75. The van der Waals surface area contributed by atoms with Gasteiger partial charge in [-0.15, -0.1) is 0 Å². The number of allylic oxidation sites excluding steroid dienone is 3. The lowest BCUT2D eigenvalue weighted by molar-refractivity contribution is 1.09. The van der Waals surface area contributed by atoms with E-state index in [0.717, 1.165) is 28.0 Å². The monoisotopic (exact) mass is 373 g/mol. The summed E-state index contributed by atoms with van der Waals surface area (Å²) in [5.74, 6) is 0. The second-order valence-electron chi connectivity index (χ2n) is 5.52. The third-order valence-corrected chi connectivity index (χ3v) is 3.37. The average Bonchev–Trinajstić information content (AvgIpc) is 2.65. The van der Waals surface area contributed by atoms with E-state index in [4.69, 9.17) is 11.6 Å². The Balaban J connectivity index is 0. The third-order valence-electron chi connectivity index (χ3n) is 3.07. The van der Waals surface area contributed by atoms with Crippen molar-refractivity contribution in [1.82, 2.24) is 4.98 Å².